The van der Waals surface area contributed by atoms with Gasteiger partial charge in [0.05, 0.1) is 11.3 Å². The van der Waals surface area contributed by atoms with Crippen molar-refractivity contribution >= 4 is 23.6 Å². The molecule has 2 saturated heterocycles. The molecule has 0 saturated carbocycles. The molecule has 0 spiro atoms. The number of hydrogen-bond acceptors (Lipinski definition) is 5. The summed E-state index contributed by atoms with van der Waals surface area (Å²) in [5.74, 6) is -1.88. The molecule has 0 unspecified atom stereocenters. The zero-order chi connectivity index (χ0) is 25.8. The fourth-order valence-electron chi connectivity index (χ4n) is 5.15. The molecule has 1 aromatic rings. The molecule has 3 rings (SSSR count). The Labute approximate surface area is 207 Å². The van der Waals surface area contributed by atoms with Crippen LogP contribution >= 0.6 is 0 Å². The Kier molecular flexibility index (Phi) is 8.64. The lowest BCUT2D eigenvalue weighted by Crippen LogP contribution is -2.49. The lowest BCUT2D eigenvalue weighted by atomic mass is 9.75. The SMILES string of the molecule is CCN(CC)C(=O)[C@H]1CCCN(C(=O)C[C@@]2(c3cccc(F)c3)CC(=O)N(CCN(C)C)C2=O)C1. The van der Waals surface area contributed by atoms with E-state index in [2.05, 4.69) is 0 Å². The summed E-state index contributed by atoms with van der Waals surface area (Å²) < 4.78 is 14.2. The molecule has 35 heavy (non-hydrogen) atoms. The van der Waals surface area contributed by atoms with Crippen molar-refractivity contribution in [1.29, 1.82) is 0 Å². The number of nitrogens with zero attached hydrogens (tertiary/aromatic N) is 4. The van der Waals surface area contributed by atoms with Gasteiger partial charge in [0.1, 0.15) is 5.82 Å². The molecule has 0 bridgehead atoms. The number of amides is 4. The summed E-state index contributed by atoms with van der Waals surface area (Å²) in [4.78, 5) is 59.5. The first-order valence-corrected chi connectivity index (χ1v) is 12.4. The lowest BCUT2D eigenvalue weighted by Gasteiger charge is -2.36. The molecule has 2 aliphatic heterocycles. The van der Waals surface area contributed by atoms with Gasteiger partial charge < -0.3 is 14.7 Å². The second-order valence-corrected chi connectivity index (χ2v) is 9.79. The van der Waals surface area contributed by atoms with Crippen molar-refractivity contribution in [1.82, 2.24) is 19.6 Å². The van der Waals surface area contributed by atoms with Gasteiger partial charge in [0, 0.05) is 52.1 Å². The highest BCUT2D eigenvalue weighted by molar-refractivity contribution is 6.10. The fourth-order valence-corrected chi connectivity index (χ4v) is 5.15. The molecule has 1 aromatic carbocycles. The molecule has 2 aliphatic rings. The van der Waals surface area contributed by atoms with Gasteiger partial charge in [0.15, 0.2) is 0 Å². The van der Waals surface area contributed by atoms with Crippen LogP contribution in [0, 0.1) is 11.7 Å². The smallest absolute Gasteiger partial charge is 0.240 e. The monoisotopic (exact) mass is 488 g/mol. The molecule has 2 fully saturated rings. The van der Waals surface area contributed by atoms with Gasteiger partial charge in [-0.05, 0) is 58.5 Å². The van der Waals surface area contributed by atoms with Crippen LogP contribution in [0.1, 0.15) is 45.1 Å². The predicted molar refractivity (Wildman–Crippen MR) is 130 cm³/mol. The van der Waals surface area contributed by atoms with E-state index in [9.17, 15) is 23.6 Å². The van der Waals surface area contributed by atoms with E-state index in [4.69, 9.17) is 0 Å². The van der Waals surface area contributed by atoms with Crippen LogP contribution in [0.3, 0.4) is 0 Å². The van der Waals surface area contributed by atoms with E-state index in [0.717, 1.165) is 0 Å². The van der Waals surface area contributed by atoms with E-state index >= 15 is 0 Å². The van der Waals surface area contributed by atoms with Crippen LogP contribution < -0.4 is 0 Å². The van der Waals surface area contributed by atoms with Crippen molar-refractivity contribution in [3.8, 4) is 0 Å². The topological polar surface area (TPSA) is 81.2 Å². The zero-order valence-electron chi connectivity index (χ0n) is 21.3. The Morgan fingerprint density at radius 2 is 1.89 bits per heavy atom. The van der Waals surface area contributed by atoms with Crippen LogP contribution in [0.5, 0.6) is 0 Å². The number of piperidine rings is 1. The first-order valence-electron chi connectivity index (χ1n) is 12.4. The first-order chi connectivity index (χ1) is 16.6. The summed E-state index contributed by atoms with van der Waals surface area (Å²) in [5, 5.41) is 0. The van der Waals surface area contributed by atoms with E-state index in [-0.39, 0.29) is 43.0 Å². The number of hydrogen-bond donors (Lipinski definition) is 0. The van der Waals surface area contributed by atoms with E-state index in [1.807, 2.05) is 32.8 Å². The Morgan fingerprint density at radius 3 is 2.51 bits per heavy atom. The van der Waals surface area contributed by atoms with Crippen LogP contribution in [0.25, 0.3) is 0 Å². The van der Waals surface area contributed by atoms with Crippen LogP contribution in [0.2, 0.25) is 0 Å². The van der Waals surface area contributed by atoms with Crippen LogP contribution in [0.15, 0.2) is 24.3 Å². The van der Waals surface area contributed by atoms with E-state index in [0.29, 0.717) is 51.1 Å². The second-order valence-electron chi connectivity index (χ2n) is 9.79. The minimum Gasteiger partial charge on any atom is -0.343 e. The summed E-state index contributed by atoms with van der Waals surface area (Å²) in [7, 11) is 3.70. The van der Waals surface area contributed by atoms with Crippen molar-refractivity contribution < 1.29 is 23.6 Å². The maximum Gasteiger partial charge on any atom is 0.240 e. The number of benzene rings is 1. The fraction of sp³-hybridized carbons (Fsp3) is 0.615. The molecule has 0 radical (unpaired) electrons. The zero-order valence-corrected chi connectivity index (χ0v) is 21.3. The second kappa shape index (κ2) is 11.3. The van der Waals surface area contributed by atoms with Gasteiger partial charge in [-0.25, -0.2) is 4.39 Å². The summed E-state index contributed by atoms with van der Waals surface area (Å²) in [6.07, 6.45) is 0.998. The molecular weight excluding hydrogens is 451 g/mol. The molecule has 9 heteroatoms. The van der Waals surface area contributed by atoms with Crippen molar-refractivity contribution in [3.05, 3.63) is 35.6 Å². The maximum absolute atomic E-state index is 14.2. The number of carbonyl (C=O) groups is 4. The van der Waals surface area contributed by atoms with Gasteiger partial charge >= 0.3 is 0 Å². The Balaban J connectivity index is 1.86. The molecule has 0 aliphatic carbocycles. The standard InChI is InChI=1S/C26H37FN4O4/c1-5-29(6-2)24(34)19-9-8-12-30(18-19)22(32)16-26(20-10-7-11-21(27)15-20)17-23(33)31(25(26)35)14-13-28(3)4/h7,10-11,15,19H,5-6,8-9,12-14,16-18H2,1-4H3/t19-,26-/m0/s1. The number of carbonyl (C=O) groups excluding carboxylic acids is 4. The van der Waals surface area contributed by atoms with Gasteiger partial charge in [-0.2, -0.15) is 0 Å². The normalized spacial score (nSPS) is 22.7. The minimum atomic E-state index is -1.45. The number of likely N-dealkylation sites (N-methyl/N-ethyl adjacent to an activating group) is 1. The summed E-state index contributed by atoms with van der Waals surface area (Å²) in [6.45, 7) is 6.57. The molecule has 4 amide bonds. The molecule has 0 N–H and O–H groups in total. The predicted octanol–water partition coefficient (Wildman–Crippen LogP) is 1.88. The van der Waals surface area contributed by atoms with Gasteiger partial charge in [0.2, 0.25) is 23.6 Å². The number of rotatable bonds is 9. The molecule has 2 atom stereocenters. The summed E-state index contributed by atoms with van der Waals surface area (Å²) in [5.41, 5.74) is -1.11. The number of halogens is 1. The highest BCUT2D eigenvalue weighted by atomic mass is 19.1. The van der Waals surface area contributed by atoms with Gasteiger partial charge in [-0.3, -0.25) is 24.1 Å². The minimum absolute atomic E-state index is 0.0364. The van der Waals surface area contributed by atoms with Gasteiger partial charge in [-0.1, -0.05) is 12.1 Å². The highest BCUT2D eigenvalue weighted by Gasteiger charge is 2.54. The largest absolute Gasteiger partial charge is 0.343 e. The van der Waals surface area contributed by atoms with Gasteiger partial charge in [0.25, 0.3) is 0 Å². The maximum atomic E-state index is 14.2. The van der Waals surface area contributed by atoms with E-state index < -0.39 is 17.1 Å². The average molecular weight is 489 g/mol. The number of imide groups is 1. The third-order valence-corrected chi connectivity index (χ3v) is 7.21. The van der Waals surface area contributed by atoms with Crippen LogP contribution in [-0.2, 0) is 24.6 Å². The average Bonchev–Trinajstić information content (AvgIpc) is 3.07. The van der Waals surface area contributed by atoms with Crippen molar-refractivity contribution in [3.63, 3.8) is 0 Å². The highest BCUT2D eigenvalue weighted by Crippen LogP contribution is 2.41. The molecule has 0 aromatic heterocycles. The summed E-state index contributed by atoms with van der Waals surface area (Å²) >= 11 is 0. The van der Waals surface area contributed by atoms with Crippen molar-refractivity contribution in [2.75, 3.05) is 53.4 Å². The molecule has 8 nitrogen and oxygen atoms in total. The first kappa shape index (κ1) is 26.8. The van der Waals surface area contributed by atoms with Crippen molar-refractivity contribution in [2.24, 2.45) is 5.92 Å². The van der Waals surface area contributed by atoms with Crippen molar-refractivity contribution in [2.45, 2.75) is 44.9 Å². The van der Waals surface area contributed by atoms with E-state index in [1.54, 1.807) is 15.9 Å². The molecule has 192 valence electrons. The van der Waals surface area contributed by atoms with Crippen LogP contribution in [0.4, 0.5) is 4.39 Å². The lowest BCUT2D eigenvalue weighted by molar-refractivity contribution is -0.145. The molecular formula is C26H37FN4O4. The Bertz CT molecular complexity index is 964. The van der Waals surface area contributed by atoms with Gasteiger partial charge in [-0.15, -0.1) is 0 Å². The molecule has 2 heterocycles. The quantitative estimate of drug-likeness (QED) is 0.496. The summed E-state index contributed by atoms with van der Waals surface area (Å²) in [6, 6.07) is 5.63. The number of likely N-dealkylation sites (tertiary alicyclic amines) is 2. The third kappa shape index (κ3) is 5.72. The Hall–Kier alpha value is -2.81. The third-order valence-electron chi connectivity index (χ3n) is 7.21. The van der Waals surface area contributed by atoms with Crippen LogP contribution in [-0.4, -0.2) is 96.6 Å². The Morgan fingerprint density at radius 1 is 1.17 bits per heavy atom. The van der Waals surface area contributed by atoms with E-state index in [1.165, 1.54) is 23.1 Å².